The summed E-state index contributed by atoms with van der Waals surface area (Å²) in [7, 11) is 0. The minimum atomic E-state index is -0.794. The fourth-order valence-corrected chi connectivity index (χ4v) is 4.09. The average molecular weight is 419 g/mol. The predicted molar refractivity (Wildman–Crippen MR) is 114 cm³/mol. The number of benzene rings is 1. The van der Waals surface area contributed by atoms with E-state index < -0.39 is 5.54 Å². The number of carbonyl (C=O) groups is 1. The van der Waals surface area contributed by atoms with E-state index in [1.165, 1.54) is 11.8 Å². The van der Waals surface area contributed by atoms with E-state index in [0.717, 1.165) is 29.8 Å². The first kappa shape index (κ1) is 20.1. The van der Waals surface area contributed by atoms with Gasteiger partial charge < -0.3 is 5.32 Å². The van der Waals surface area contributed by atoms with Crippen LogP contribution in [0.1, 0.15) is 25.3 Å². The van der Waals surface area contributed by atoms with Crippen molar-refractivity contribution < 1.29 is 4.79 Å². The van der Waals surface area contributed by atoms with Crippen molar-refractivity contribution in [1.82, 2.24) is 25.1 Å². The van der Waals surface area contributed by atoms with Crippen LogP contribution in [0.25, 0.3) is 11.4 Å². The van der Waals surface area contributed by atoms with Gasteiger partial charge in [-0.05, 0) is 43.4 Å². The van der Waals surface area contributed by atoms with Crippen molar-refractivity contribution in [2.24, 2.45) is 5.92 Å². The number of amides is 1. The fourth-order valence-electron chi connectivity index (χ4n) is 3.36. The van der Waals surface area contributed by atoms with Crippen LogP contribution < -0.4 is 5.32 Å². The molecule has 0 bridgehead atoms. The molecule has 1 unspecified atom stereocenters. The van der Waals surface area contributed by atoms with Crippen LogP contribution in [0.4, 0.5) is 0 Å². The van der Waals surface area contributed by atoms with Crippen molar-refractivity contribution in [3.63, 3.8) is 0 Å². The van der Waals surface area contributed by atoms with E-state index in [4.69, 9.17) is 0 Å². The van der Waals surface area contributed by atoms with Crippen LogP contribution in [0, 0.1) is 17.2 Å². The van der Waals surface area contributed by atoms with Crippen LogP contribution >= 0.6 is 11.8 Å². The van der Waals surface area contributed by atoms with Crippen LogP contribution in [0.2, 0.25) is 0 Å². The van der Waals surface area contributed by atoms with Gasteiger partial charge in [-0.2, -0.15) is 5.26 Å². The molecule has 3 aromatic rings. The monoisotopic (exact) mass is 418 g/mol. The molecule has 2 aromatic heterocycles. The quantitative estimate of drug-likeness (QED) is 0.564. The number of thioether (sulfide) groups is 1. The Labute approximate surface area is 179 Å². The molecule has 4 rings (SSSR count). The van der Waals surface area contributed by atoms with Crippen LogP contribution in [0.5, 0.6) is 0 Å². The molecule has 0 aliphatic heterocycles. The zero-order chi connectivity index (χ0) is 21.0. The number of hydrogen-bond donors (Lipinski definition) is 1. The number of hydrogen-bond acceptors (Lipinski definition) is 6. The lowest BCUT2D eigenvalue weighted by molar-refractivity contribution is -0.119. The largest absolute Gasteiger partial charge is 0.337 e. The molecule has 1 amide bonds. The molecule has 1 atom stereocenters. The van der Waals surface area contributed by atoms with Gasteiger partial charge in [-0.3, -0.25) is 14.3 Å². The first-order chi connectivity index (χ1) is 14.6. The number of nitrogens with one attached hydrogen (secondary N) is 1. The summed E-state index contributed by atoms with van der Waals surface area (Å²) < 4.78 is 2.01. The Morgan fingerprint density at radius 2 is 1.97 bits per heavy atom. The summed E-state index contributed by atoms with van der Waals surface area (Å²) in [6, 6.07) is 16.1. The Morgan fingerprint density at radius 3 is 2.63 bits per heavy atom. The van der Waals surface area contributed by atoms with Crippen LogP contribution in [-0.4, -0.2) is 36.9 Å². The molecule has 30 heavy (non-hydrogen) atoms. The molecular weight excluding hydrogens is 396 g/mol. The third-order valence-electron chi connectivity index (χ3n) is 5.20. The summed E-state index contributed by atoms with van der Waals surface area (Å²) in [4.78, 5) is 16.6. The summed E-state index contributed by atoms with van der Waals surface area (Å²) in [5.41, 5.74) is 1.23. The maximum Gasteiger partial charge on any atom is 0.231 e. The van der Waals surface area contributed by atoms with Gasteiger partial charge in [0, 0.05) is 18.0 Å². The second-order valence-electron chi connectivity index (χ2n) is 7.54. The summed E-state index contributed by atoms with van der Waals surface area (Å²) in [6.07, 6.45) is 5.41. The Hall–Kier alpha value is -3.18. The zero-order valence-electron chi connectivity index (χ0n) is 16.7. The van der Waals surface area contributed by atoms with Crippen molar-refractivity contribution in [3.05, 3.63) is 60.4 Å². The second kappa shape index (κ2) is 8.67. The van der Waals surface area contributed by atoms with Crippen molar-refractivity contribution in [1.29, 1.82) is 5.26 Å². The first-order valence-electron chi connectivity index (χ1n) is 9.81. The smallest absolute Gasteiger partial charge is 0.231 e. The van der Waals surface area contributed by atoms with Crippen molar-refractivity contribution in [2.45, 2.75) is 37.0 Å². The fraction of sp³-hybridized carbons (Fsp3) is 0.318. The van der Waals surface area contributed by atoms with Gasteiger partial charge in [0.1, 0.15) is 5.54 Å². The third kappa shape index (κ3) is 4.52. The number of nitriles is 1. The van der Waals surface area contributed by atoms with Crippen LogP contribution in [0.15, 0.2) is 60.0 Å². The number of pyridine rings is 1. The van der Waals surface area contributed by atoms with E-state index in [9.17, 15) is 10.1 Å². The average Bonchev–Trinajstić information content (AvgIpc) is 3.56. The molecule has 1 aromatic carbocycles. The van der Waals surface area contributed by atoms with Gasteiger partial charge in [0.2, 0.25) is 5.91 Å². The van der Waals surface area contributed by atoms with E-state index in [-0.39, 0.29) is 17.6 Å². The van der Waals surface area contributed by atoms with Crippen molar-refractivity contribution >= 4 is 17.7 Å². The summed E-state index contributed by atoms with van der Waals surface area (Å²) in [5.74, 6) is 0.976. The molecule has 1 fully saturated rings. The lowest BCUT2D eigenvalue weighted by Crippen LogP contribution is -2.47. The Kier molecular flexibility index (Phi) is 5.81. The maximum atomic E-state index is 12.5. The summed E-state index contributed by atoms with van der Waals surface area (Å²) in [6.45, 7) is 2.39. The molecule has 2 heterocycles. The number of nitrogens with zero attached hydrogens (tertiary/aromatic N) is 5. The molecular formula is C22H22N6OS. The van der Waals surface area contributed by atoms with Gasteiger partial charge in [-0.15, -0.1) is 10.2 Å². The topological polar surface area (TPSA) is 96.5 Å². The maximum absolute atomic E-state index is 12.5. The van der Waals surface area contributed by atoms with E-state index in [1.807, 2.05) is 47.0 Å². The highest BCUT2D eigenvalue weighted by atomic mass is 32.2. The Bertz CT molecular complexity index is 1060. The van der Waals surface area contributed by atoms with Crippen LogP contribution in [-0.2, 0) is 11.3 Å². The van der Waals surface area contributed by atoms with E-state index >= 15 is 0 Å². The summed E-state index contributed by atoms with van der Waals surface area (Å²) >= 11 is 1.33. The zero-order valence-corrected chi connectivity index (χ0v) is 17.5. The van der Waals surface area contributed by atoms with Crippen molar-refractivity contribution in [3.8, 4) is 17.5 Å². The van der Waals surface area contributed by atoms with Gasteiger partial charge >= 0.3 is 0 Å². The molecule has 0 radical (unpaired) electrons. The molecule has 0 saturated heterocycles. The normalized spacial score (nSPS) is 15.2. The van der Waals surface area contributed by atoms with E-state index in [0.29, 0.717) is 11.7 Å². The Morgan fingerprint density at radius 1 is 1.23 bits per heavy atom. The Balaban J connectivity index is 1.53. The number of carbonyl (C=O) groups excluding carboxylic acids is 1. The van der Waals surface area contributed by atoms with Gasteiger partial charge in [0.05, 0.1) is 18.4 Å². The SMILES string of the molecule is CC(C#N)(NC(=O)CSc1nnc(-c2ccncc2)n1Cc1ccccc1)C1CC1. The second-order valence-corrected chi connectivity index (χ2v) is 8.48. The van der Waals surface area contributed by atoms with Gasteiger partial charge in [-0.25, -0.2) is 0 Å². The molecule has 152 valence electrons. The van der Waals surface area contributed by atoms with Gasteiger partial charge in [-0.1, -0.05) is 42.1 Å². The highest BCUT2D eigenvalue weighted by Gasteiger charge is 2.43. The number of rotatable bonds is 8. The first-order valence-corrected chi connectivity index (χ1v) is 10.8. The lowest BCUT2D eigenvalue weighted by atomic mass is 9.98. The highest BCUT2D eigenvalue weighted by molar-refractivity contribution is 7.99. The van der Waals surface area contributed by atoms with Gasteiger partial charge in [0.25, 0.3) is 0 Å². The van der Waals surface area contributed by atoms with Crippen LogP contribution in [0.3, 0.4) is 0 Å². The molecule has 1 N–H and O–H groups in total. The third-order valence-corrected chi connectivity index (χ3v) is 6.16. The summed E-state index contributed by atoms with van der Waals surface area (Å²) in [5, 5.41) is 21.7. The standard InChI is InChI=1S/C22H22N6OS/c1-22(15-23,18-7-8-18)25-19(29)14-30-21-27-26-20(17-9-11-24-12-10-17)28(21)13-16-5-3-2-4-6-16/h2-6,9-12,18H,7-8,13-14H2,1H3,(H,25,29). The van der Waals surface area contributed by atoms with E-state index in [2.05, 4.69) is 26.6 Å². The number of aromatic nitrogens is 4. The predicted octanol–water partition coefficient (Wildman–Crippen LogP) is 3.29. The molecule has 7 nitrogen and oxygen atoms in total. The lowest BCUT2D eigenvalue weighted by Gasteiger charge is -2.22. The van der Waals surface area contributed by atoms with Crippen molar-refractivity contribution in [2.75, 3.05) is 5.75 Å². The minimum Gasteiger partial charge on any atom is -0.337 e. The molecule has 1 aliphatic carbocycles. The molecule has 0 spiro atoms. The molecule has 1 aliphatic rings. The van der Waals surface area contributed by atoms with Gasteiger partial charge in [0.15, 0.2) is 11.0 Å². The van der Waals surface area contributed by atoms with E-state index in [1.54, 1.807) is 19.3 Å². The highest BCUT2D eigenvalue weighted by Crippen LogP contribution is 2.39. The molecule has 1 saturated carbocycles. The molecule has 8 heteroatoms. The minimum absolute atomic E-state index is 0.171.